The highest BCUT2D eigenvalue weighted by atomic mass is 16.5. The Morgan fingerprint density at radius 3 is 3.56 bits per heavy atom. The fourth-order valence-electron chi connectivity index (χ4n) is 1.21. The molecule has 2 aliphatic heterocycles. The van der Waals surface area contributed by atoms with Crippen LogP contribution in [0.15, 0.2) is 24.1 Å². The van der Waals surface area contributed by atoms with Gasteiger partial charge in [-0.25, -0.2) is 0 Å². The highest BCUT2D eigenvalue weighted by Crippen LogP contribution is 2.17. The van der Waals surface area contributed by atoms with Crippen molar-refractivity contribution in [1.29, 1.82) is 0 Å². The van der Waals surface area contributed by atoms with E-state index in [1.54, 1.807) is 6.26 Å². The molecule has 0 amide bonds. The molecule has 0 aromatic rings. The van der Waals surface area contributed by atoms with Crippen LogP contribution >= 0.6 is 0 Å². The van der Waals surface area contributed by atoms with Crippen molar-refractivity contribution >= 4 is 0 Å². The van der Waals surface area contributed by atoms with Crippen LogP contribution in [0.5, 0.6) is 0 Å². The van der Waals surface area contributed by atoms with E-state index < -0.39 is 0 Å². The number of rotatable bonds is 0. The molecule has 1 N–H and O–H groups in total. The zero-order valence-corrected chi connectivity index (χ0v) is 5.13. The second-order valence-corrected chi connectivity index (χ2v) is 2.29. The molecule has 1 saturated heterocycles. The molecule has 1 unspecified atom stereocenters. The van der Waals surface area contributed by atoms with E-state index in [2.05, 4.69) is 11.4 Å². The Bertz CT molecular complexity index is 172. The lowest BCUT2D eigenvalue weighted by Gasteiger charge is -2.13. The summed E-state index contributed by atoms with van der Waals surface area (Å²) in [6.07, 6.45) is 7.18. The molecule has 2 rings (SSSR count). The molecule has 0 spiro atoms. The minimum Gasteiger partial charge on any atom is -0.492 e. The summed E-state index contributed by atoms with van der Waals surface area (Å²) >= 11 is 0. The van der Waals surface area contributed by atoms with E-state index in [1.165, 1.54) is 5.70 Å². The van der Waals surface area contributed by atoms with Gasteiger partial charge < -0.3 is 10.1 Å². The van der Waals surface area contributed by atoms with Gasteiger partial charge in [0.05, 0.1) is 12.0 Å². The van der Waals surface area contributed by atoms with Gasteiger partial charge in [-0.05, 0) is 12.2 Å². The minimum absolute atomic E-state index is 0.329. The van der Waals surface area contributed by atoms with E-state index in [0.717, 1.165) is 13.0 Å². The quantitative estimate of drug-likeness (QED) is 0.514. The molecule has 2 aliphatic rings. The Hall–Kier alpha value is -0.920. The first kappa shape index (κ1) is 4.91. The predicted octanol–water partition coefficient (Wildman–Crippen LogP) is 0.776. The van der Waals surface area contributed by atoms with Gasteiger partial charge in [0.1, 0.15) is 6.10 Å². The molecule has 48 valence electrons. The second kappa shape index (κ2) is 1.79. The number of ether oxygens (including phenoxy) is 1. The maximum atomic E-state index is 5.29. The molecule has 2 heteroatoms. The molecule has 2 nitrogen and oxygen atoms in total. The third-order valence-electron chi connectivity index (χ3n) is 1.68. The van der Waals surface area contributed by atoms with Crippen molar-refractivity contribution in [2.24, 2.45) is 0 Å². The molecule has 0 aromatic carbocycles. The average molecular weight is 123 g/mol. The van der Waals surface area contributed by atoms with Gasteiger partial charge in [0.15, 0.2) is 0 Å². The Morgan fingerprint density at radius 1 is 1.67 bits per heavy atom. The van der Waals surface area contributed by atoms with Crippen LogP contribution in [0.2, 0.25) is 0 Å². The van der Waals surface area contributed by atoms with Gasteiger partial charge in [-0.1, -0.05) is 0 Å². The zero-order valence-electron chi connectivity index (χ0n) is 5.13. The summed E-state index contributed by atoms with van der Waals surface area (Å²) in [4.78, 5) is 0. The summed E-state index contributed by atoms with van der Waals surface area (Å²) in [5, 5.41) is 3.24. The molecule has 1 atom stereocenters. The third kappa shape index (κ3) is 0.707. The van der Waals surface area contributed by atoms with E-state index >= 15 is 0 Å². The van der Waals surface area contributed by atoms with Crippen LogP contribution in [-0.4, -0.2) is 12.6 Å². The Labute approximate surface area is 54.2 Å². The molecular weight excluding hydrogens is 114 g/mol. The molecule has 2 heterocycles. The van der Waals surface area contributed by atoms with Crippen molar-refractivity contribution in [3.8, 4) is 0 Å². The zero-order chi connectivity index (χ0) is 6.10. The first-order valence-corrected chi connectivity index (χ1v) is 3.23. The van der Waals surface area contributed by atoms with Crippen LogP contribution in [0.3, 0.4) is 0 Å². The van der Waals surface area contributed by atoms with Crippen molar-refractivity contribution in [2.45, 2.75) is 12.5 Å². The van der Waals surface area contributed by atoms with Gasteiger partial charge in [-0.15, -0.1) is 0 Å². The van der Waals surface area contributed by atoms with Crippen molar-refractivity contribution in [1.82, 2.24) is 5.32 Å². The first-order valence-electron chi connectivity index (χ1n) is 3.23. The van der Waals surface area contributed by atoms with Crippen molar-refractivity contribution < 1.29 is 4.74 Å². The van der Waals surface area contributed by atoms with Crippen LogP contribution in [0.1, 0.15) is 6.42 Å². The molecular formula is C7H9NO. The molecule has 0 aliphatic carbocycles. The lowest BCUT2D eigenvalue weighted by Crippen LogP contribution is -2.13. The standard InChI is InChI=1S/C7H9NO/c1-2-6-7(9-5-1)3-4-8-6/h1-2,5,7-8H,3-4H2. The highest BCUT2D eigenvalue weighted by Gasteiger charge is 2.21. The van der Waals surface area contributed by atoms with Crippen molar-refractivity contribution in [3.63, 3.8) is 0 Å². The molecule has 9 heavy (non-hydrogen) atoms. The topological polar surface area (TPSA) is 21.3 Å². The normalized spacial score (nSPS) is 30.2. The van der Waals surface area contributed by atoms with E-state index in [4.69, 9.17) is 4.74 Å². The third-order valence-corrected chi connectivity index (χ3v) is 1.68. The van der Waals surface area contributed by atoms with Gasteiger partial charge in [-0.3, -0.25) is 0 Å². The number of hydrogen-bond donors (Lipinski definition) is 1. The monoisotopic (exact) mass is 123 g/mol. The average Bonchev–Trinajstić information content (AvgIpc) is 2.33. The SMILES string of the molecule is C1=COC2CCNC2=C1. The van der Waals surface area contributed by atoms with Gasteiger partial charge in [0.2, 0.25) is 0 Å². The summed E-state index contributed by atoms with van der Waals surface area (Å²) in [5.41, 5.74) is 1.23. The van der Waals surface area contributed by atoms with Crippen molar-refractivity contribution in [3.05, 3.63) is 24.1 Å². The summed E-state index contributed by atoms with van der Waals surface area (Å²) in [6.45, 7) is 1.05. The first-order chi connectivity index (χ1) is 4.47. The van der Waals surface area contributed by atoms with Crippen LogP contribution in [0, 0.1) is 0 Å². The van der Waals surface area contributed by atoms with Gasteiger partial charge in [0, 0.05) is 13.0 Å². The van der Waals surface area contributed by atoms with Crippen LogP contribution in [0.4, 0.5) is 0 Å². The summed E-state index contributed by atoms with van der Waals surface area (Å²) in [6, 6.07) is 0. The number of nitrogens with one attached hydrogen (secondary N) is 1. The van der Waals surface area contributed by atoms with Crippen molar-refractivity contribution in [2.75, 3.05) is 6.54 Å². The number of fused-ring (bicyclic) bond motifs is 1. The fourth-order valence-corrected chi connectivity index (χ4v) is 1.21. The van der Waals surface area contributed by atoms with Gasteiger partial charge in [-0.2, -0.15) is 0 Å². The second-order valence-electron chi connectivity index (χ2n) is 2.29. The molecule has 0 aromatic heterocycles. The minimum atomic E-state index is 0.329. The molecule has 0 bridgehead atoms. The van der Waals surface area contributed by atoms with E-state index in [1.807, 2.05) is 6.08 Å². The summed E-state index contributed by atoms with van der Waals surface area (Å²) in [7, 11) is 0. The maximum absolute atomic E-state index is 5.29. The molecule has 0 radical (unpaired) electrons. The maximum Gasteiger partial charge on any atom is 0.139 e. The smallest absolute Gasteiger partial charge is 0.139 e. The number of allylic oxidation sites excluding steroid dienone is 2. The predicted molar refractivity (Wildman–Crippen MR) is 34.7 cm³/mol. The van der Waals surface area contributed by atoms with E-state index in [-0.39, 0.29) is 0 Å². The van der Waals surface area contributed by atoms with E-state index in [9.17, 15) is 0 Å². The fraction of sp³-hybridized carbons (Fsp3) is 0.429. The largest absolute Gasteiger partial charge is 0.492 e. The number of hydrogen-bond acceptors (Lipinski definition) is 2. The van der Waals surface area contributed by atoms with Crippen LogP contribution < -0.4 is 5.32 Å². The molecule has 1 fully saturated rings. The van der Waals surface area contributed by atoms with Gasteiger partial charge in [0.25, 0.3) is 0 Å². The highest BCUT2D eigenvalue weighted by molar-refractivity contribution is 5.20. The Morgan fingerprint density at radius 2 is 2.67 bits per heavy atom. The summed E-state index contributed by atoms with van der Waals surface area (Å²) in [5.74, 6) is 0. The summed E-state index contributed by atoms with van der Waals surface area (Å²) < 4.78 is 5.29. The Balaban J connectivity index is 2.23. The Kier molecular flexibility index (Phi) is 0.979. The lowest BCUT2D eigenvalue weighted by molar-refractivity contribution is 0.179. The van der Waals surface area contributed by atoms with E-state index in [0.29, 0.717) is 6.10 Å². The van der Waals surface area contributed by atoms with Gasteiger partial charge >= 0.3 is 0 Å². The van der Waals surface area contributed by atoms with Crippen LogP contribution in [0.25, 0.3) is 0 Å². The lowest BCUT2D eigenvalue weighted by atomic mass is 10.2. The molecule has 0 saturated carbocycles. The van der Waals surface area contributed by atoms with Crippen LogP contribution in [-0.2, 0) is 4.74 Å².